The van der Waals surface area contributed by atoms with Gasteiger partial charge >= 0.3 is 5.97 Å². The molecule has 3 heterocycles. The van der Waals surface area contributed by atoms with Gasteiger partial charge in [-0.3, -0.25) is 9.59 Å². The average molecular weight is 1300 g/mol. The Hall–Kier alpha value is -4.39. The highest BCUT2D eigenvalue weighted by atomic mass is 79.9. The number of hydrogen-bond acceptors (Lipinski definition) is 16. The lowest BCUT2D eigenvalue weighted by molar-refractivity contribution is -0.710. The molecule has 6 fully saturated rings. The third kappa shape index (κ3) is 8.72. The van der Waals surface area contributed by atoms with Crippen molar-refractivity contribution < 1.29 is 124 Å². The van der Waals surface area contributed by atoms with E-state index in [9.17, 15) is 65.4 Å². The number of carbonyl (C=O) groups excluding carboxylic acids is 2. The van der Waals surface area contributed by atoms with E-state index < -0.39 is 80.9 Å². The number of halogens is 2. The lowest BCUT2D eigenvalue weighted by atomic mass is 9.49. The molecule has 0 saturated heterocycles. The fourth-order valence-electron chi connectivity index (χ4n) is 17.5. The number of nitrogens with two attached hydrogens (primary N) is 2. The molecular weight excluding hydrogens is 1210 g/mol. The number of benzene rings is 3. The molecule has 14 N–H and O–H groups in total. The van der Waals surface area contributed by atoms with Crippen LogP contribution in [0.1, 0.15) is 144 Å². The van der Waals surface area contributed by atoms with E-state index >= 15 is 0 Å². The van der Waals surface area contributed by atoms with Gasteiger partial charge in [-0.05, 0) is 119 Å². The predicted octanol–water partition coefficient (Wildman–Crippen LogP) is -4.23. The van der Waals surface area contributed by atoms with Gasteiger partial charge in [0.1, 0.15) is 23.3 Å². The Bertz CT molecular complexity index is 3190. The van der Waals surface area contributed by atoms with Crippen molar-refractivity contribution >= 4 is 23.6 Å². The molecule has 3 aromatic carbocycles. The van der Waals surface area contributed by atoms with Crippen molar-refractivity contribution in [1.82, 2.24) is 4.90 Å². The second kappa shape index (κ2) is 21.2. The lowest BCUT2D eigenvalue weighted by Gasteiger charge is -2.57. The Morgan fingerprint density at radius 1 is 0.643 bits per heavy atom. The Balaban J connectivity index is 0.000000130. The van der Waals surface area contributed by atoms with Gasteiger partial charge in [0, 0.05) is 67.2 Å². The monoisotopic (exact) mass is 1290 g/mol. The standard InChI is InChI=1S/2C21H27NO6.C21H25NO4.2BrH/c1-2-7-19-15-12-5-6-13(23)16(15)28-17(19)20(26,18(24)25)10-21(19,27)14(8-12)22-9-11-3-4-11;1-2-7-19-15-12-5-6-13(23)16(15)28-18(19)17(24)21(26,27)10-20(19,25)14(8-12)22-9-11-3-4-11;1-22(12-13-2-3-13)11-10-21-17-14-4-5-15(23)18(17)26-19(21)16(24)7-9-20(21,25)8-6-14;;/h5-6,11,14,17,22-23,26-27H,2-4,7-10H2,1H3,(H,24,25);5-6,11,14,18,22-23,25-27H,2-4,7-10H2,1H3;4-6,8,13,19,23,25H,2-3,7,9-12H2,1H3;2*1H/t14-,17-,19+,20?,21-;14-,18+,19+,20-;19-,20-,21-;;/m110../s1. The summed E-state index contributed by atoms with van der Waals surface area (Å²) in [5.41, 5.74) is -4.14. The molecule has 3 aromatic rings. The van der Waals surface area contributed by atoms with Gasteiger partial charge in [-0.15, -0.1) is 0 Å². The number of aliphatic carboxylic acids is 1. The molecule has 84 heavy (non-hydrogen) atoms. The first-order chi connectivity index (χ1) is 39.0. The Morgan fingerprint density at radius 3 is 1.71 bits per heavy atom. The predicted molar refractivity (Wildman–Crippen MR) is 293 cm³/mol. The van der Waals surface area contributed by atoms with Gasteiger partial charge < -0.3 is 115 Å². The van der Waals surface area contributed by atoms with Crippen molar-refractivity contribution in [1.29, 1.82) is 0 Å². The van der Waals surface area contributed by atoms with Crippen LogP contribution in [0.15, 0.2) is 42.5 Å². The Labute approximate surface area is 509 Å². The zero-order valence-electron chi connectivity index (χ0n) is 47.9. The number of carboxylic acids is 1. The van der Waals surface area contributed by atoms with Gasteiger partial charge in [0.2, 0.25) is 17.2 Å². The van der Waals surface area contributed by atoms with Gasteiger partial charge in [-0.1, -0.05) is 57.0 Å². The number of nitrogens with zero attached hydrogens (tertiary/aromatic N) is 1. The molecule has 19 nitrogen and oxygen atoms in total. The summed E-state index contributed by atoms with van der Waals surface area (Å²) in [6.07, 6.45) is 12.1. The summed E-state index contributed by atoms with van der Waals surface area (Å²) in [4.78, 5) is 40.2. The summed E-state index contributed by atoms with van der Waals surface area (Å²) in [5.74, 6) is -2.05. The van der Waals surface area contributed by atoms with Crippen LogP contribution in [0.25, 0.3) is 6.08 Å². The quantitative estimate of drug-likeness (QED) is 0.0605. The van der Waals surface area contributed by atoms with Crippen LogP contribution in [-0.4, -0.2) is 165 Å². The van der Waals surface area contributed by atoms with Gasteiger partial charge in [-0.25, -0.2) is 4.79 Å². The van der Waals surface area contributed by atoms with E-state index in [0.717, 1.165) is 54.4 Å². The van der Waals surface area contributed by atoms with E-state index in [2.05, 4.69) is 22.6 Å². The maximum atomic E-state index is 13.0. The smallest absolute Gasteiger partial charge is 0.339 e. The highest BCUT2D eigenvalue weighted by Crippen LogP contribution is 2.68. The van der Waals surface area contributed by atoms with Crippen LogP contribution in [0.5, 0.6) is 34.5 Å². The number of ether oxygens (including phenoxy) is 3. The SMILES string of the molecule is CCC[C@]12c3c4ccc(O)c3O[C@H]1C(=O)C(O)(O)C[C@@]2(O)[C@H]([NH2+]CC1CC1)C4.CCC[C@]12c3c4ccc(O)c3O[C@H]1C(O)(C(=O)O)C[C@@]2(O)[C@H]([NH2+]CC1CC1)C4.CN(CC[C@]12c3c4ccc(O)c3O[C@H]1C(=O)CC[C@@]2(O)C=C4)CC1CC1.[Br-].[Br-]. The van der Waals surface area contributed by atoms with Crippen LogP contribution >= 0.6 is 0 Å². The van der Waals surface area contributed by atoms with Crippen LogP contribution in [-0.2, 0) is 43.5 Å². The van der Waals surface area contributed by atoms with Crippen LogP contribution in [0.3, 0.4) is 0 Å². The largest absolute Gasteiger partial charge is 1.00 e. The van der Waals surface area contributed by atoms with Crippen molar-refractivity contribution in [2.24, 2.45) is 17.8 Å². The molecule has 3 aliphatic heterocycles. The minimum atomic E-state index is -2.66. The highest BCUT2D eigenvalue weighted by molar-refractivity contribution is 5.95. The van der Waals surface area contributed by atoms with Crippen LogP contribution in [0.4, 0.5) is 0 Å². The molecular formula is C63H81Br2N3O16. The number of hydrogen-bond donors (Lipinski definition) is 12. The molecule has 0 spiro atoms. The topological polar surface area (TPSA) is 318 Å². The van der Waals surface area contributed by atoms with Crippen molar-refractivity contribution in [3.63, 3.8) is 0 Å². The summed E-state index contributed by atoms with van der Waals surface area (Å²) >= 11 is 0. The number of phenolic OH excluding ortho intramolecular Hbond substituents is 3. The number of aromatic hydroxyl groups is 3. The van der Waals surface area contributed by atoms with Crippen molar-refractivity contribution in [2.45, 2.75) is 198 Å². The summed E-state index contributed by atoms with van der Waals surface area (Å²) in [7, 11) is 2.11. The van der Waals surface area contributed by atoms with Crippen LogP contribution in [0.2, 0.25) is 0 Å². The van der Waals surface area contributed by atoms with Gasteiger partial charge in [0.25, 0.3) is 0 Å². The molecule has 12 atom stereocenters. The third-order valence-corrected chi connectivity index (χ3v) is 21.8. The summed E-state index contributed by atoms with van der Waals surface area (Å²) in [5, 5.41) is 113. The highest BCUT2D eigenvalue weighted by Gasteiger charge is 2.81. The van der Waals surface area contributed by atoms with Gasteiger partial charge in [0.15, 0.2) is 58.6 Å². The molecule has 0 bridgehead atoms. The molecule has 0 radical (unpaired) electrons. The van der Waals surface area contributed by atoms with E-state index in [0.29, 0.717) is 86.5 Å². The molecule has 12 aliphatic rings. The molecule has 9 aliphatic carbocycles. The second-order valence-corrected chi connectivity index (χ2v) is 26.9. The van der Waals surface area contributed by atoms with E-state index in [1.165, 1.54) is 38.5 Å². The van der Waals surface area contributed by atoms with Crippen LogP contribution in [0, 0.1) is 17.8 Å². The van der Waals surface area contributed by atoms with Crippen molar-refractivity contribution in [2.75, 3.05) is 33.2 Å². The van der Waals surface area contributed by atoms with Crippen molar-refractivity contribution in [3.05, 3.63) is 75.9 Å². The molecule has 21 heteroatoms. The Morgan fingerprint density at radius 2 is 1.15 bits per heavy atom. The first kappa shape index (κ1) is 61.3. The number of carbonyl (C=O) groups is 3. The Kier molecular flexibility index (Phi) is 15.4. The molecule has 0 aromatic heterocycles. The number of rotatable bonds is 16. The molecule has 458 valence electrons. The number of phenols is 3. The maximum absolute atomic E-state index is 13.0. The molecule has 15 rings (SSSR count). The fraction of sp³-hybridized carbons (Fsp3) is 0.635. The maximum Gasteiger partial charge on any atom is 0.339 e. The average Bonchev–Trinajstić information content (AvgIpc) is 1.48. The van der Waals surface area contributed by atoms with Gasteiger partial charge in [-0.2, -0.15) is 0 Å². The third-order valence-electron chi connectivity index (χ3n) is 21.8. The minimum absolute atomic E-state index is 0. The fourth-order valence-corrected chi connectivity index (χ4v) is 17.5. The normalized spacial score (nSPS) is 36.5. The molecule has 6 saturated carbocycles. The second-order valence-electron chi connectivity index (χ2n) is 26.9. The number of aliphatic hydroxyl groups is 6. The number of Topliss-reactive ketones (excluding diaryl/α,β-unsaturated/α-hetero) is 2. The number of carboxylic acid groups (broad SMARTS) is 1. The molecule has 1 unspecified atom stereocenters. The summed E-state index contributed by atoms with van der Waals surface area (Å²) in [6, 6.07) is 9.71. The van der Waals surface area contributed by atoms with Crippen LogP contribution < -0.4 is 58.8 Å². The van der Waals surface area contributed by atoms with E-state index in [4.69, 9.17) is 14.2 Å². The first-order valence-corrected chi connectivity index (χ1v) is 30.2. The molecule has 0 amide bonds. The van der Waals surface area contributed by atoms with Crippen molar-refractivity contribution in [3.8, 4) is 34.5 Å². The van der Waals surface area contributed by atoms with E-state index in [1.807, 2.05) is 44.2 Å². The zero-order valence-corrected chi connectivity index (χ0v) is 51.0. The zero-order chi connectivity index (χ0) is 57.9. The number of quaternary nitrogens is 2. The lowest BCUT2D eigenvalue weighted by Crippen LogP contribution is -3.00. The summed E-state index contributed by atoms with van der Waals surface area (Å²) in [6.45, 7) is 7.57. The first-order valence-electron chi connectivity index (χ1n) is 30.2. The van der Waals surface area contributed by atoms with Gasteiger partial charge in [0.05, 0.1) is 34.9 Å². The minimum Gasteiger partial charge on any atom is -1.00 e. The number of ketones is 2. The summed E-state index contributed by atoms with van der Waals surface area (Å²) < 4.78 is 17.9. The van der Waals surface area contributed by atoms with E-state index in [-0.39, 0.29) is 87.0 Å². The van der Waals surface area contributed by atoms with E-state index in [1.54, 1.807) is 18.2 Å².